The molecule has 2 rings (SSSR count). The molecule has 0 radical (unpaired) electrons. The van der Waals surface area contributed by atoms with Crippen LogP contribution in [0.15, 0.2) is 0 Å². The zero-order valence-corrected chi connectivity index (χ0v) is 9.32. The van der Waals surface area contributed by atoms with E-state index in [1.165, 1.54) is 0 Å². The van der Waals surface area contributed by atoms with Crippen molar-refractivity contribution in [3.63, 3.8) is 0 Å². The number of rotatable bonds is 3. The SMILES string of the molecule is CCS(=O)(=O)Nc1n[nH]c2c1CCNC2. The van der Waals surface area contributed by atoms with Gasteiger partial charge < -0.3 is 5.32 Å². The molecule has 3 N–H and O–H groups in total. The third-order valence-corrected chi connectivity index (χ3v) is 3.70. The molecule has 0 atom stereocenters. The Bertz CT molecular complexity index is 451. The molecule has 6 nitrogen and oxygen atoms in total. The van der Waals surface area contributed by atoms with Crippen LogP contribution in [-0.2, 0) is 23.0 Å². The van der Waals surface area contributed by atoms with Crippen LogP contribution in [0, 0.1) is 0 Å². The highest BCUT2D eigenvalue weighted by molar-refractivity contribution is 7.92. The minimum atomic E-state index is -3.23. The van der Waals surface area contributed by atoms with Crippen LogP contribution in [0.25, 0.3) is 0 Å². The first-order valence-corrected chi connectivity index (χ1v) is 6.55. The number of anilines is 1. The Kier molecular flexibility index (Phi) is 2.66. The molecule has 84 valence electrons. The first kappa shape index (κ1) is 10.4. The number of nitrogens with one attached hydrogen (secondary N) is 3. The second-order valence-electron chi connectivity index (χ2n) is 3.46. The summed E-state index contributed by atoms with van der Waals surface area (Å²) in [6.45, 7) is 3.17. The van der Waals surface area contributed by atoms with Gasteiger partial charge in [-0.25, -0.2) is 8.42 Å². The second-order valence-corrected chi connectivity index (χ2v) is 5.47. The van der Waals surface area contributed by atoms with E-state index in [2.05, 4.69) is 20.2 Å². The molecule has 0 saturated carbocycles. The van der Waals surface area contributed by atoms with Crippen molar-refractivity contribution in [3.05, 3.63) is 11.3 Å². The lowest BCUT2D eigenvalue weighted by Crippen LogP contribution is -2.24. The van der Waals surface area contributed by atoms with Crippen LogP contribution in [0.1, 0.15) is 18.2 Å². The van der Waals surface area contributed by atoms with E-state index >= 15 is 0 Å². The summed E-state index contributed by atoms with van der Waals surface area (Å²) in [5, 5.41) is 9.99. The maximum Gasteiger partial charge on any atom is 0.233 e. The van der Waals surface area contributed by atoms with Gasteiger partial charge in [0.15, 0.2) is 5.82 Å². The summed E-state index contributed by atoms with van der Waals surface area (Å²) in [4.78, 5) is 0. The Morgan fingerprint density at radius 3 is 3.07 bits per heavy atom. The maximum atomic E-state index is 11.4. The summed E-state index contributed by atoms with van der Waals surface area (Å²) >= 11 is 0. The lowest BCUT2D eigenvalue weighted by atomic mass is 10.1. The summed E-state index contributed by atoms with van der Waals surface area (Å²) in [6.07, 6.45) is 0.799. The van der Waals surface area contributed by atoms with Gasteiger partial charge >= 0.3 is 0 Å². The number of fused-ring (bicyclic) bond motifs is 1. The van der Waals surface area contributed by atoms with Crippen molar-refractivity contribution in [3.8, 4) is 0 Å². The van der Waals surface area contributed by atoms with Crippen LogP contribution in [0.2, 0.25) is 0 Å². The van der Waals surface area contributed by atoms with Gasteiger partial charge in [0.25, 0.3) is 0 Å². The predicted octanol–water partition coefficient (Wildman–Crippen LogP) is -0.183. The van der Waals surface area contributed by atoms with Crippen LogP contribution in [0.5, 0.6) is 0 Å². The first-order chi connectivity index (χ1) is 7.12. The van der Waals surface area contributed by atoms with Gasteiger partial charge in [-0.05, 0) is 19.9 Å². The number of hydrogen-bond donors (Lipinski definition) is 3. The van der Waals surface area contributed by atoms with Crippen molar-refractivity contribution >= 4 is 15.8 Å². The lowest BCUT2D eigenvalue weighted by Gasteiger charge is -2.13. The van der Waals surface area contributed by atoms with Gasteiger partial charge in [0, 0.05) is 12.1 Å². The number of nitrogens with zero attached hydrogens (tertiary/aromatic N) is 1. The average Bonchev–Trinajstić information content (AvgIpc) is 2.62. The normalized spacial score (nSPS) is 16.1. The molecule has 2 heterocycles. The highest BCUT2D eigenvalue weighted by Gasteiger charge is 2.19. The Balaban J connectivity index is 2.26. The first-order valence-electron chi connectivity index (χ1n) is 4.89. The van der Waals surface area contributed by atoms with E-state index in [1.54, 1.807) is 6.92 Å². The Labute approximate surface area is 88.5 Å². The van der Waals surface area contributed by atoms with Crippen LogP contribution in [0.3, 0.4) is 0 Å². The molecule has 0 spiro atoms. The van der Waals surface area contributed by atoms with Crippen molar-refractivity contribution < 1.29 is 8.42 Å². The van der Waals surface area contributed by atoms with Gasteiger partial charge in [0.2, 0.25) is 10.0 Å². The van der Waals surface area contributed by atoms with Gasteiger partial charge in [-0.3, -0.25) is 9.82 Å². The van der Waals surface area contributed by atoms with Crippen LogP contribution in [-0.4, -0.2) is 30.9 Å². The standard InChI is InChI=1S/C8H14N4O2S/c1-2-15(13,14)12-8-6-3-4-9-5-7(6)10-11-8/h9H,2-5H2,1H3,(H2,10,11,12). The molecule has 1 aliphatic heterocycles. The molecule has 0 bridgehead atoms. The summed E-state index contributed by atoms with van der Waals surface area (Å²) < 4.78 is 25.2. The molecule has 0 aliphatic carbocycles. The van der Waals surface area contributed by atoms with Crippen LogP contribution >= 0.6 is 0 Å². The summed E-state index contributed by atoms with van der Waals surface area (Å²) in [5.41, 5.74) is 1.95. The molecule has 15 heavy (non-hydrogen) atoms. The predicted molar refractivity (Wildman–Crippen MR) is 57.1 cm³/mol. The third-order valence-electron chi connectivity index (χ3n) is 2.44. The topological polar surface area (TPSA) is 86.9 Å². The van der Waals surface area contributed by atoms with E-state index in [1.807, 2.05) is 0 Å². The van der Waals surface area contributed by atoms with Crippen molar-refractivity contribution in [2.75, 3.05) is 17.0 Å². The molecule has 0 aromatic carbocycles. The Hall–Kier alpha value is -1.08. The highest BCUT2D eigenvalue weighted by Crippen LogP contribution is 2.20. The van der Waals surface area contributed by atoms with E-state index in [4.69, 9.17) is 0 Å². The van der Waals surface area contributed by atoms with Crippen LogP contribution in [0.4, 0.5) is 5.82 Å². The van der Waals surface area contributed by atoms with E-state index in [9.17, 15) is 8.42 Å². The third kappa shape index (κ3) is 2.13. The van der Waals surface area contributed by atoms with E-state index in [-0.39, 0.29) is 5.75 Å². The van der Waals surface area contributed by atoms with Gasteiger partial charge in [-0.15, -0.1) is 0 Å². The van der Waals surface area contributed by atoms with Gasteiger partial charge in [0.1, 0.15) is 0 Å². The fraction of sp³-hybridized carbons (Fsp3) is 0.625. The van der Waals surface area contributed by atoms with Gasteiger partial charge in [-0.2, -0.15) is 5.10 Å². The fourth-order valence-electron chi connectivity index (χ4n) is 1.55. The molecule has 1 aromatic heterocycles. The second kappa shape index (κ2) is 3.82. The van der Waals surface area contributed by atoms with Gasteiger partial charge in [-0.1, -0.05) is 0 Å². The highest BCUT2D eigenvalue weighted by atomic mass is 32.2. The van der Waals surface area contributed by atoms with E-state index in [0.717, 1.165) is 30.8 Å². The number of aromatic nitrogens is 2. The molecular weight excluding hydrogens is 216 g/mol. The van der Waals surface area contributed by atoms with Crippen LogP contribution < -0.4 is 10.0 Å². The number of hydrogen-bond acceptors (Lipinski definition) is 4. The Morgan fingerprint density at radius 1 is 1.53 bits per heavy atom. The molecule has 1 aliphatic rings. The smallest absolute Gasteiger partial charge is 0.233 e. The lowest BCUT2D eigenvalue weighted by molar-refractivity contribution is 0.602. The molecule has 0 fully saturated rings. The van der Waals surface area contributed by atoms with Crippen molar-refractivity contribution in [1.82, 2.24) is 15.5 Å². The molecular formula is C8H14N4O2S. The minimum Gasteiger partial charge on any atom is -0.311 e. The van der Waals surface area contributed by atoms with Gasteiger partial charge in [0.05, 0.1) is 11.4 Å². The fourth-order valence-corrected chi connectivity index (χ4v) is 2.16. The monoisotopic (exact) mass is 230 g/mol. The van der Waals surface area contributed by atoms with Crippen molar-refractivity contribution in [1.29, 1.82) is 0 Å². The zero-order valence-electron chi connectivity index (χ0n) is 8.50. The maximum absolute atomic E-state index is 11.4. The summed E-state index contributed by atoms with van der Waals surface area (Å²) in [7, 11) is -3.23. The minimum absolute atomic E-state index is 0.0624. The quantitative estimate of drug-likeness (QED) is 0.672. The summed E-state index contributed by atoms with van der Waals surface area (Å²) in [6, 6.07) is 0. The number of aromatic amines is 1. The van der Waals surface area contributed by atoms with E-state index in [0.29, 0.717) is 5.82 Å². The molecule has 0 unspecified atom stereocenters. The number of sulfonamides is 1. The van der Waals surface area contributed by atoms with E-state index < -0.39 is 10.0 Å². The number of H-pyrrole nitrogens is 1. The zero-order chi connectivity index (χ0) is 10.9. The Morgan fingerprint density at radius 2 is 2.33 bits per heavy atom. The molecule has 0 saturated heterocycles. The molecule has 7 heteroatoms. The largest absolute Gasteiger partial charge is 0.311 e. The summed E-state index contributed by atoms with van der Waals surface area (Å²) in [5.74, 6) is 0.515. The van der Waals surface area contributed by atoms with Crippen molar-refractivity contribution in [2.45, 2.75) is 19.9 Å². The molecule has 0 amide bonds. The average molecular weight is 230 g/mol. The molecule has 1 aromatic rings. The van der Waals surface area contributed by atoms with Crippen molar-refractivity contribution in [2.24, 2.45) is 0 Å².